The molecule has 0 aromatic heterocycles. The molecule has 144 valence electrons. The highest BCUT2D eigenvalue weighted by Gasteiger charge is 2.62. The molecule has 1 saturated heterocycles. The number of β-lactam (4-membered cyclic amide) rings is 1. The van der Waals surface area contributed by atoms with E-state index in [1.165, 1.54) is 0 Å². The number of alkyl halides is 1. The van der Waals surface area contributed by atoms with Crippen LogP contribution in [0.4, 0.5) is 0 Å². The third-order valence-electron chi connectivity index (χ3n) is 4.87. The fourth-order valence-electron chi connectivity index (χ4n) is 3.60. The number of benzene rings is 2. The van der Waals surface area contributed by atoms with E-state index < -0.39 is 35.6 Å². The first kappa shape index (κ1) is 20.1. The first-order chi connectivity index (χ1) is 13.5. The topological polar surface area (TPSA) is 127 Å². The Balaban J connectivity index is 2.18. The fourth-order valence-corrected chi connectivity index (χ4v) is 4.48. The molecule has 1 heterocycles. The Kier molecular flexibility index (Phi) is 5.87. The second kappa shape index (κ2) is 8.17. The zero-order valence-corrected chi connectivity index (χ0v) is 16.7. The average Bonchev–Trinajstić information content (AvgIpc) is 2.71. The number of hydrogen-bond donors (Lipinski definition) is 2. The SMILES string of the molecule is [N-]=[N+]=NC1C(=O)N(C(O)(C(=O)O)C(c2ccccc2)c2ccccc2)C1CI. The van der Waals surface area contributed by atoms with Gasteiger partial charge < -0.3 is 10.2 Å². The van der Waals surface area contributed by atoms with Gasteiger partial charge in [0.2, 0.25) is 5.91 Å². The molecule has 9 heteroatoms. The maximum Gasteiger partial charge on any atom is 0.358 e. The number of aliphatic hydroxyl groups is 1. The highest BCUT2D eigenvalue weighted by molar-refractivity contribution is 14.1. The number of nitrogens with zero attached hydrogens (tertiary/aromatic N) is 4. The number of carboxylic acids is 1. The van der Waals surface area contributed by atoms with Crippen LogP contribution in [0.15, 0.2) is 65.8 Å². The Morgan fingerprint density at radius 1 is 1.18 bits per heavy atom. The third kappa shape index (κ3) is 3.21. The van der Waals surface area contributed by atoms with Crippen LogP contribution in [-0.4, -0.2) is 49.2 Å². The van der Waals surface area contributed by atoms with Gasteiger partial charge in [0, 0.05) is 9.34 Å². The predicted molar refractivity (Wildman–Crippen MR) is 110 cm³/mol. The molecule has 3 rings (SSSR count). The van der Waals surface area contributed by atoms with Crippen LogP contribution in [0.3, 0.4) is 0 Å². The lowest BCUT2D eigenvalue weighted by molar-refractivity contribution is -0.211. The number of rotatable bonds is 7. The number of carboxylic acid groups (broad SMARTS) is 1. The van der Waals surface area contributed by atoms with Gasteiger partial charge in [-0.15, -0.1) is 0 Å². The molecule has 0 bridgehead atoms. The van der Waals surface area contributed by atoms with Crippen molar-refractivity contribution in [1.29, 1.82) is 0 Å². The molecule has 2 N–H and O–H groups in total. The second-order valence-electron chi connectivity index (χ2n) is 6.37. The number of azide groups is 1. The molecule has 8 nitrogen and oxygen atoms in total. The van der Waals surface area contributed by atoms with Gasteiger partial charge >= 0.3 is 5.97 Å². The molecule has 2 aromatic carbocycles. The van der Waals surface area contributed by atoms with Crippen LogP contribution in [-0.2, 0) is 9.59 Å². The van der Waals surface area contributed by atoms with E-state index >= 15 is 0 Å². The molecule has 1 aliphatic heterocycles. The van der Waals surface area contributed by atoms with E-state index in [-0.39, 0.29) is 0 Å². The number of aliphatic carboxylic acids is 1. The maximum atomic E-state index is 12.7. The minimum atomic E-state index is -2.54. The summed E-state index contributed by atoms with van der Waals surface area (Å²) < 4.78 is 0.305. The summed E-state index contributed by atoms with van der Waals surface area (Å²) in [5, 5.41) is 25.0. The zero-order chi connectivity index (χ0) is 20.3. The molecule has 0 radical (unpaired) electrons. The van der Waals surface area contributed by atoms with Crippen molar-refractivity contribution in [2.75, 3.05) is 4.43 Å². The van der Waals surface area contributed by atoms with E-state index in [1.807, 2.05) is 22.6 Å². The van der Waals surface area contributed by atoms with Crippen LogP contribution in [0, 0.1) is 0 Å². The fraction of sp³-hybridized carbons (Fsp3) is 0.263. The molecular weight excluding hydrogens is 475 g/mol. The molecule has 1 amide bonds. The van der Waals surface area contributed by atoms with Crippen molar-refractivity contribution in [3.8, 4) is 0 Å². The lowest BCUT2D eigenvalue weighted by Gasteiger charge is -2.53. The summed E-state index contributed by atoms with van der Waals surface area (Å²) in [6.07, 6.45) is 0. The standard InChI is InChI=1S/C19H17IN4O4/c20-11-14-16(22-23-21)17(25)24(14)19(28,18(26)27)15(12-7-3-1-4-8-12)13-9-5-2-6-10-13/h1-10,14-16,28H,11H2,(H,26,27). The Hall–Kier alpha value is -2.62. The van der Waals surface area contributed by atoms with Gasteiger partial charge in [0.15, 0.2) is 0 Å². The summed E-state index contributed by atoms with van der Waals surface area (Å²) in [6, 6.07) is 15.6. The molecule has 0 spiro atoms. The second-order valence-corrected chi connectivity index (χ2v) is 7.25. The van der Waals surface area contributed by atoms with Gasteiger partial charge in [0.25, 0.3) is 5.72 Å². The number of amides is 1. The summed E-state index contributed by atoms with van der Waals surface area (Å²) in [7, 11) is 0. The number of likely N-dealkylation sites (tertiary alicyclic amines) is 1. The van der Waals surface area contributed by atoms with E-state index in [0.29, 0.717) is 15.6 Å². The number of halogens is 1. The quantitative estimate of drug-likeness (QED) is 0.154. The Morgan fingerprint density at radius 3 is 2.07 bits per heavy atom. The first-order valence-electron chi connectivity index (χ1n) is 8.45. The van der Waals surface area contributed by atoms with Gasteiger partial charge in [0.05, 0.1) is 12.0 Å². The Bertz CT molecular complexity index is 881. The molecule has 0 saturated carbocycles. The van der Waals surface area contributed by atoms with E-state index in [9.17, 15) is 19.8 Å². The monoisotopic (exact) mass is 492 g/mol. The van der Waals surface area contributed by atoms with Crippen LogP contribution in [0.1, 0.15) is 17.0 Å². The summed E-state index contributed by atoms with van der Waals surface area (Å²) >= 11 is 1.98. The van der Waals surface area contributed by atoms with Crippen LogP contribution in [0.5, 0.6) is 0 Å². The summed E-state index contributed by atoms with van der Waals surface area (Å²) in [6.45, 7) is 0. The van der Waals surface area contributed by atoms with Gasteiger partial charge in [0.1, 0.15) is 6.04 Å². The van der Waals surface area contributed by atoms with Crippen LogP contribution in [0.25, 0.3) is 10.4 Å². The molecule has 28 heavy (non-hydrogen) atoms. The Labute approximate surface area is 174 Å². The van der Waals surface area contributed by atoms with E-state index in [0.717, 1.165) is 4.90 Å². The first-order valence-corrected chi connectivity index (χ1v) is 9.98. The van der Waals surface area contributed by atoms with Gasteiger partial charge in [-0.3, -0.25) is 9.69 Å². The van der Waals surface area contributed by atoms with E-state index in [2.05, 4.69) is 10.0 Å². The molecule has 1 aliphatic rings. The van der Waals surface area contributed by atoms with Crippen molar-refractivity contribution in [3.63, 3.8) is 0 Å². The van der Waals surface area contributed by atoms with Crippen molar-refractivity contribution >= 4 is 34.5 Å². The summed E-state index contributed by atoms with van der Waals surface area (Å²) in [4.78, 5) is 28.6. The van der Waals surface area contributed by atoms with Crippen molar-refractivity contribution in [3.05, 3.63) is 82.2 Å². The van der Waals surface area contributed by atoms with Gasteiger partial charge in [-0.2, -0.15) is 0 Å². The Morgan fingerprint density at radius 2 is 1.68 bits per heavy atom. The van der Waals surface area contributed by atoms with Crippen molar-refractivity contribution in [1.82, 2.24) is 4.90 Å². The smallest absolute Gasteiger partial charge is 0.358 e. The van der Waals surface area contributed by atoms with E-state index in [1.54, 1.807) is 60.7 Å². The highest BCUT2D eigenvalue weighted by atomic mass is 127. The minimum absolute atomic E-state index is 0.305. The summed E-state index contributed by atoms with van der Waals surface area (Å²) in [5.74, 6) is -3.29. The normalized spacial score (nSPS) is 20.8. The van der Waals surface area contributed by atoms with Crippen molar-refractivity contribution < 1.29 is 19.8 Å². The van der Waals surface area contributed by atoms with Gasteiger partial charge in [-0.05, 0) is 16.7 Å². The maximum absolute atomic E-state index is 12.7. The predicted octanol–water partition coefficient (Wildman–Crippen LogP) is 2.92. The molecule has 2 aromatic rings. The van der Waals surface area contributed by atoms with Crippen LogP contribution < -0.4 is 0 Å². The minimum Gasteiger partial charge on any atom is -0.478 e. The number of carbonyl (C=O) groups is 2. The van der Waals surface area contributed by atoms with Crippen LogP contribution >= 0.6 is 22.6 Å². The average molecular weight is 492 g/mol. The third-order valence-corrected chi connectivity index (χ3v) is 5.77. The molecule has 0 aliphatic carbocycles. The lowest BCUT2D eigenvalue weighted by Crippen LogP contribution is -2.76. The van der Waals surface area contributed by atoms with Crippen LogP contribution in [0.2, 0.25) is 0 Å². The molecule has 1 fully saturated rings. The number of carbonyl (C=O) groups excluding carboxylic acids is 1. The number of hydrogen-bond acceptors (Lipinski definition) is 4. The van der Waals surface area contributed by atoms with Crippen molar-refractivity contribution in [2.24, 2.45) is 5.11 Å². The van der Waals surface area contributed by atoms with Crippen molar-refractivity contribution in [2.45, 2.75) is 23.7 Å². The molecule has 3 atom stereocenters. The largest absolute Gasteiger partial charge is 0.478 e. The van der Waals surface area contributed by atoms with Gasteiger partial charge in [-0.25, -0.2) is 4.79 Å². The van der Waals surface area contributed by atoms with E-state index in [4.69, 9.17) is 5.53 Å². The highest BCUT2D eigenvalue weighted by Crippen LogP contribution is 2.43. The zero-order valence-electron chi connectivity index (χ0n) is 14.6. The lowest BCUT2D eigenvalue weighted by atomic mass is 9.78. The summed E-state index contributed by atoms with van der Waals surface area (Å²) in [5.41, 5.74) is 7.25. The van der Waals surface area contributed by atoms with Gasteiger partial charge in [-0.1, -0.05) is 88.4 Å². The molecule has 3 unspecified atom stereocenters. The molecular formula is C19H17IN4O4.